The fourth-order valence-electron chi connectivity index (χ4n) is 1.90. The fraction of sp³-hybridized carbons (Fsp3) is 0.176. The van der Waals surface area contributed by atoms with Crippen LogP contribution < -0.4 is 15.6 Å². The van der Waals surface area contributed by atoms with E-state index in [9.17, 15) is 14.7 Å². The summed E-state index contributed by atoms with van der Waals surface area (Å²) in [5, 5.41) is 10.6. The summed E-state index contributed by atoms with van der Waals surface area (Å²) in [5.74, 6) is -0.879. The normalized spacial score (nSPS) is 11.5. The van der Waals surface area contributed by atoms with Crippen molar-refractivity contribution < 1.29 is 29.9 Å². The van der Waals surface area contributed by atoms with Crippen molar-refractivity contribution in [3.8, 4) is 5.75 Å². The van der Waals surface area contributed by atoms with E-state index < -0.39 is 18.2 Å². The van der Waals surface area contributed by atoms with Gasteiger partial charge in [-0.2, -0.15) is 0 Å². The van der Waals surface area contributed by atoms with Crippen LogP contribution in [0.1, 0.15) is 11.1 Å². The largest absolute Gasteiger partial charge is 0.544 e. The Kier molecular flexibility index (Phi) is 5.71. The second-order valence-electron chi connectivity index (χ2n) is 4.99. The quantitative estimate of drug-likeness (QED) is 0.610. The van der Waals surface area contributed by atoms with E-state index in [0.717, 1.165) is 11.1 Å². The average molecular weight is 315 g/mol. The van der Waals surface area contributed by atoms with Crippen LogP contribution in [-0.4, -0.2) is 18.2 Å². The maximum atomic E-state index is 11.6. The number of hydrogen-bond acceptors (Lipinski definition) is 5. The lowest BCUT2D eigenvalue weighted by molar-refractivity contribution is -0.437. The van der Waals surface area contributed by atoms with Gasteiger partial charge in [0.2, 0.25) is 0 Å². The van der Waals surface area contributed by atoms with Crippen molar-refractivity contribution in [3.63, 3.8) is 0 Å². The van der Waals surface area contributed by atoms with Crippen LogP contribution in [-0.2, 0) is 22.6 Å². The van der Waals surface area contributed by atoms with Gasteiger partial charge in [0.1, 0.15) is 18.4 Å². The third-order valence-electron chi connectivity index (χ3n) is 3.14. The highest BCUT2D eigenvalue weighted by Crippen LogP contribution is 2.14. The summed E-state index contributed by atoms with van der Waals surface area (Å²) < 4.78 is 10.0. The Morgan fingerprint density at radius 2 is 1.65 bits per heavy atom. The van der Waals surface area contributed by atoms with Gasteiger partial charge in [-0.15, -0.1) is 0 Å². The molecule has 1 atom stereocenters. The van der Waals surface area contributed by atoms with Gasteiger partial charge in [0.05, 0.1) is 5.97 Å². The number of carbonyl (C=O) groups is 2. The molecule has 3 N–H and O–H groups in total. The van der Waals surface area contributed by atoms with Crippen molar-refractivity contribution in [1.29, 1.82) is 0 Å². The SMILES string of the molecule is [NH3+][C@H](Cc1ccc(OC(=O)OCc2ccccc2)cc1)C(=O)[O-]. The van der Waals surface area contributed by atoms with E-state index in [2.05, 4.69) is 5.73 Å². The van der Waals surface area contributed by atoms with E-state index in [1.165, 1.54) is 0 Å². The number of quaternary nitrogens is 1. The highest BCUT2D eigenvalue weighted by atomic mass is 16.7. The highest BCUT2D eigenvalue weighted by Gasteiger charge is 2.10. The molecule has 0 aliphatic rings. The first kappa shape index (κ1) is 16.5. The monoisotopic (exact) mass is 315 g/mol. The van der Waals surface area contributed by atoms with Crippen molar-refractivity contribution in [3.05, 3.63) is 65.7 Å². The minimum absolute atomic E-state index is 0.132. The maximum absolute atomic E-state index is 11.6. The van der Waals surface area contributed by atoms with Crippen molar-refractivity contribution in [1.82, 2.24) is 0 Å². The minimum atomic E-state index is -1.20. The number of aliphatic carboxylic acids is 1. The van der Waals surface area contributed by atoms with Gasteiger partial charge in [0.15, 0.2) is 0 Å². The van der Waals surface area contributed by atoms with Crippen LogP contribution in [0.25, 0.3) is 0 Å². The molecule has 0 aliphatic carbocycles. The molecule has 0 unspecified atom stereocenters. The van der Waals surface area contributed by atoms with Crippen LogP contribution in [0.2, 0.25) is 0 Å². The first-order valence-electron chi connectivity index (χ1n) is 7.06. The van der Waals surface area contributed by atoms with Crippen LogP contribution >= 0.6 is 0 Å². The lowest BCUT2D eigenvalue weighted by Crippen LogP contribution is -2.69. The van der Waals surface area contributed by atoms with E-state index >= 15 is 0 Å². The first-order valence-corrected chi connectivity index (χ1v) is 7.06. The molecular weight excluding hydrogens is 298 g/mol. The van der Waals surface area contributed by atoms with Gasteiger partial charge in [-0.25, -0.2) is 4.79 Å². The third kappa shape index (κ3) is 5.44. The maximum Gasteiger partial charge on any atom is 0.514 e. The Morgan fingerprint density at radius 3 is 2.26 bits per heavy atom. The van der Waals surface area contributed by atoms with Crippen LogP contribution in [0.15, 0.2) is 54.6 Å². The molecule has 0 aromatic heterocycles. The molecule has 0 saturated carbocycles. The van der Waals surface area contributed by atoms with E-state index in [1.807, 2.05) is 30.3 Å². The van der Waals surface area contributed by atoms with Crippen molar-refractivity contribution in [2.75, 3.05) is 0 Å². The van der Waals surface area contributed by atoms with E-state index in [1.54, 1.807) is 24.3 Å². The summed E-state index contributed by atoms with van der Waals surface area (Å²) >= 11 is 0. The van der Waals surface area contributed by atoms with Gasteiger partial charge in [-0.1, -0.05) is 42.5 Å². The lowest BCUT2D eigenvalue weighted by Gasteiger charge is -2.10. The highest BCUT2D eigenvalue weighted by molar-refractivity contribution is 5.69. The molecule has 0 fully saturated rings. The van der Waals surface area contributed by atoms with Crippen molar-refractivity contribution in [2.45, 2.75) is 19.1 Å². The van der Waals surface area contributed by atoms with Crippen LogP contribution in [0.4, 0.5) is 4.79 Å². The summed E-state index contributed by atoms with van der Waals surface area (Å²) in [6, 6.07) is 14.9. The molecule has 23 heavy (non-hydrogen) atoms. The van der Waals surface area contributed by atoms with Crippen LogP contribution in [0.5, 0.6) is 5.75 Å². The fourth-order valence-corrected chi connectivity index (χ4v) is 1.90. The summed E-state index contributed by atoms with van der Waals surface area (Å²) in [6.07, 6.45) is -0.549. The minimum Gasteiger partial charge on any atom is -0.544 e. The third-order valence-corrected chi connectivity index (χ3v) is 3.14. The molecule has 0 aliphatic heterocycles. The number of benzene rings is 2. The van der Waals surface area contributed by atoms with Gasteiger partial charge in [-0.05, 0) is 23.3 Å². The van der Waals surface area contributed by atoms with Gasteiger partial charge in [0, 0.05) is 6.42 Å². The zero-order chi connectivity index (χ0) is 16.7. The lowest BCUT2D eigenvalue weighted by atomic mass is 10.1. The zero-order valence-electron chi connectivity index (χ0n) is 12.4. The predicted molar refractivity (Wildman–Crippen MR) is 79.1 cm³/mol. The molecule has 6 heteroatoms. The molecule has 6 nitrogen and oxygen atoms in total. The standard InChI is InChI=1S/C17H17NO5/c18-15(16(19)20)10-12-6-8-14(9-7-12)23-17(21)22-11-13-4-2-1-3-5-13/h1-9,15H,10-11,18H2,(H,19,20)/t15-/m1/s1. The molecular formula is C17H17NO5. The molecule has 0 amide bonds. The molecule has 0 radical (unpaired) electrons. The molecule has 2 rings (SSSR count). The molecule has 0 spiro atoms. The van der Waals surface area contributed by atoms with Gasteiger partial charge < -0.3 is 25.1 Å². The number of rotatable bonds is 6. The van der Waals surface area contributed by atoms with Gasteiger partial charge in [0.25, 0.3) is 0 Å². The van der Waals surface area contributed by atoms with E-state index in [-0.39, 0.29) is 13.0 Å². The topological polar surface area (TPSA) is 103 Å². The summed E-state index contributed by atoms with van der Waals surface area (Å²) in [4.78, 5) is 22.2. The molecule has 2 aromatic carbocycles. The average Bonchev–Trinajstić information content (AvgIpc) is 2.55. The summed E-state index contributed by atoms with van der Waals surface area (Å²) in [6.45, 7) is 0.132. The second-order valence-corrected chi connectivity index (χ2v) is 4.99. The van der Waals surface area contributed by atoms with E-state index in [4.69, 9.17) is 9.47 Å². The van der Waals surface area contributed by atoms with Crippen LogP contribution in [0.3, 0.4) is 0 Å². The van der Waals surface area contributed by atoms with E-state index in [0.29, 0.717) is 5.75 Å². The number of carboxylic acid groups (broad SMARTS) is 1. The van der Waals surface area contributed by atoms with Gasteiger partial charge >= 0.3 is 6.16 Å². The molecule has 0 heterocycles. The second kappa shape index (κ2) is 7.95. The first-order chi connectivity index (χ1) is 11.0. The molecule has 120 valence electrons. The Morgan fingerprint density at radius 1 is 1.00 bits per heavy atom. The van der Waals surface area contributed by atoms with Crippen LogP contribution in [0, 0.1) is 0 Å². The molecule has 2 aromatic rings. The Bertz CT molecular complexity index is 654. The number of hydrogen-bond donors (Lipinski definition) is 1. The van der Waals surface area contributed by atoms with Crippen molar-refractivity contribution >= 4 is 12.1 Å². The molecule has 0 bridgehead atoms. The van der Waals surface area contributed by atoms with Crippen molar-refractivity contribution in [2.24, 2.45) is 0 Å². The summed E-state index contributed by atoms with van der Waals surface area (Å²) in [7, 11) is 0. The number of carboxylic acids is 1. The Labute approximate surface area is 133 Å². The predicted octanol–water partition coefficient (Wildman–Crippen LogP) is 0.305. The summed E-state index contributed by atoms with van der Waals surface area (Å²) in [5.41, 5.74) is 5.12. The zero-order valence-corrected chi connectivity index (χ0v) is 12.4. The van der Waals surface area contributed by atoms with Gasteiger partial charge in [-0.3, -0.25) is 0 Å². The number of ether oxygens (including phenoxy) is 2. The Hall–Kier alpha value is -2.86. The Balaban J connectivity index is 1.83. The smallest absolute Gasteiger partial charge is 0.514 e. The number of carbonyl (C=O) groups excluding carboxylic acids is 2. The molecule has 0 saturated heterocycles.